The number of carbonyl (C=O) groups is 2. The predicted molar refractivity (Wildman–Crippen MR) is 84.2 cm³/mol. The maximum atomic E-state index is 12.7. The van der Waals surface area contributed by atoms with Crippen molar-refractivity contribution in [2.45, 2.75) is 32.1 Å². The second-order valence-corrected chi connectivity index (χ2v) is 5.62. The van der Waals surface area contributed by atoms with E-state index >= 15 is 0 Å². The third-order valence-electron chi connectivity index (χ3n) is 3.89. The molecule has 5 heteroatoms. The van der Waals surface area contributed by atoms with Crippen LogP contribution in [0.3, 0.4) is 0 Å². The summed E-state index contributed by atoms with van der Waals surface area (Å²) in [7, 11) is 0. The topological polar surface area (TPSA) is 58.6 Å². The number of carbonyl (C=O) groups excluding carboxylic acids is 2. The van der Waals surface area contributed by atoms with Gasteiger partial charge in [-0.25, -0.2) is 0 Å². The number of nitrogens with one attached hydrogen (secondary N) is 1. The first-order chi connectivity index (χ1) is 10.7. The van der Waals surface area contributed by atoms with Crippen molar-refractivity contribution < 1.29 is 14.3 Å². The van der Waals surface area contributed by atoms with Crippen LogP contribution in [0.15, 0.2) is 30.3 Å². The Bertz CT molecular complexity index is 490. The van der Waals surface area contributed by atoms with Crippen molar-refractivity contribution in [1.82, 2.24) is 10.2 Å². The van der Waals surface area contributed by atoms with Crippen LogP contribution in [0.25, 0.3) is 0 Å². The molecule has 1 aliphatic heterocycles. The minimum absolute atomic E-state index is 0.00347. The molecule has 1 N–H and O–H groups in total. The fourth-order valence-corrected chi connectivity index (χ4v) is 2.53. The van der Waals surface area contributed by atoms with Crippen LogP contribution in [0.2, 0.25) is 0 Å². The maximum Gasteiger partial charge on any atom is 0.246 e. The number of rotatable bonds is 2. The summed E-state index contributed by atoms with van der Waals surface area (Å²) in [5.74, 6) is -0.278. The summed E-state index contributed by atoms with van der Waals surface area (Å²) in [6.07, 6.45) is 2.85. The van der Waals surface area contributed by atoms with Gasteiger partial charge in [0.05, 0.1) is 5.92 Å². The Hall–Kier alpha value is -1.88. The van der Waals surface area contributed by atoms with Crippen molar-refractivity contribution in [3.05, 3.63) is 35.9 Å². The summed E-state index contributed by atoms with van der Waals surface area (Å²) in [6, 6.07) is 9.74. The molecule has 1 atom stereocenters. The molecule has 22 heavy (non-hydrogen) atoms. The lowest BCUT2D eigenvalue weighted by molar-refractivity contribution is -0.141. The van der Waals surface area contributed by atoms with Crippen LogP contribution < -0.4 is 5.32 Å². The van der Waals surface area contributed by atoms with Gasteiger partial charge in [-0.2, -0.15) is 0 Å². The van der Waals surface area contributed by atoms with E-state index in [1.165, 1.54) is 0 Å². The van der Waals surface area contributed by atoms with Crippen molar-refractivity contribution in [3.63, 3.8) is 0 Å². The second-order valence-electron chi connectivity index (χ2n) is 5.62. The molecule has 1 aromatic rings. The zero-order valence-electron chi connectivity index (χ0n) is 13.1. The van der Waals surface area contributed by atoms with Gasteiger partial charge in [0, 0.05) is 13.1 Å². The highest BCUT2D eigenvalue weighted by molar-refractivity contribution is 5.83. The molecule has 0 radical (unpaired) electrons. The lowest BCUT2D eigenvalue weighted by atomic mass is 10.00. The van der Waals surface area contributed by atoms with Crippen LogP contribution in [0.5, 0.6) is 0 Å². The zero-order chi connectivity index (χ0) is 15.8. The number of ether oxygens (including phenoxy) is 1. The van der Waals surface area contributed by atoms with E-state index < -0.39 is 0 Å². The number of benzene rings is 1. The number of nitrogens with zero attached hydrogens (tertiary/aromatic N) is 1. The quantitative estimate of drug-likeness (QED) is 0.908. The summed E-state index contributed by atoms with van der Waals surface area (Å²) < 4.78 is 5.39. The Kier molecular flexibility index (Phi) is 6.40. The molecule has 0 saturated carbocycles. The van der Waals surface area contributed by atoms with Gasteiger partial charge in [0.25, 0.3) is 0 Å². The molecule has 0 aromatic heterocycles. The Balaban J connectivity index is 1.99. The van der Waals surface area contributed by atoms with Crippen LogP contribution in [-0.2, 0) is 14.3 Å². The molecule has 2 rings (SSSR count). The number of hydrogen-bond donors (Lipinski definition) is 1. The summed E-state index contributed by atoms with van der Waals surface area (Å²) >= 11 is 0. The smallest absolute Gasteiger partial charge is 0.246 e. The second kappa shape index (κ2) is 8.54. The van der Waals surface area contributed by atoms with Gasteiger partial charge in [0.15, 0.2) is 0 Å². The first-order valence-electron chi connectivity index (χ1n) is 7.86. The van der Waals surface area contributed by atoms with E-state index in [0.717, 1.165) is 24.8 Å². The van der Waals surface area contributed by atoms with Crippen molar-refractivity contribution in [2.24, 2.45) is 0 Å². The van der Waals surface area contributed by atoms with E-state index in [1.807, 2.05) is 37.3 Å². The summed E-state index contributed by atoms with van der Waals surface area (Å²) in [4.78, 5) is 25.9. The monoisotopic (exact) mass is 304 g/mol. The molecule has 0 spiro atoms. The average molecular weight is 304 g/mol. The minimum atomic E-state index is -0.205. The largest absolute Gasteiger partial charge is 0.354 e. The van der Waals surface area contributed by atoms with Gasteiger partial charge in [-0.05, 0) is 31.7 Å². The van der Waals surface area contributed by atoms with Gasteiger partial charge in [-0.15, -0.1) is 0 Å². The van der Waals surface area contributed by atoms with Crippen molar-refractivity contribution in [3.8, 4) is 0 Å². The summed E-state index contributed by atoms with van der Waals surface area (Å²) in [5, 5.41) is 2.81. The molecule has 2 amide bonds. The standard InChI is InChI=1S/C17H24N2O3/c1-14(15-8-4-2-5-9-15)17(21)19-11-7-3-6-10-18-16(20)12-22-13-19/h2,4-5,8-9,14H,3,6-7,10-13H2,1H3,(H,18,20). The molecule has 5 nitrogen and oxygen atoms in total. The molecule has 0 aliphatic carbocycles. The molecule has 1 heterocycles. The molecule has 1 aliphatic rings. The molecular formula is C17H24N2O3. The minimum Gasteiger partial charge on any atom is -0.354 e. The Morgan fingerprint density at radius 1 is 1.23 bits per heavy atom. The van der Waals surface area contributed by atoms with Gasteiger partial charge in [-0.1, -0.05) is 30.3 Å². The van der Waals surface area contributed by atoms with Gasteiger partial charge in [0.1, 0.15) is 13.3 Å². The number of amides is 2. The van der Waals surface area contributed by atoms with Gasteiger partial charge >= 0.3 is 0 Å². The van der Waals surface area contributed by atoms with E-state index in [0.29, 0.717) is 13.1 Å². The third-order valence-corrected chi connectivity index (χ3v) is 3.89. The predicted octanol–water partition coefficient (Wildman–Crippen LogP) is 1.89. The number of hydrogen-bond acceptors (Lipinski definition) is 3. The summed E-state index contributed by atoms with van der Waals surface area (Å²) in [6.45, 7) is 3.43. The van der Waals surface area contributed by atoms with E-state index in [9.17, 15) is 9.59 Å². The Morgan fingerprint density at radius 2 is 2.00 bits per heavy atom. The van der Waals surface area contributed by atoms with Crippen molar-refractivity contribution >= 4 is 11.8 Å². The van der Waals surface area contributed by atoms with Crippen LogP contribution in [0, 0.1) is 0 Å². The molecule has 120 valence electrons. The first-order valence-corrected chi connectivity index (χ1v) is 7.86. The van der Waals surface area contributed by atoms with Crippen molar-refractivity contribution in [1.29, 1.82) is 0 Å². The van der Waals surface area contributed by atoms with Crippen LogP contribution in [0.4, 0.5) is 0 Å². The molecule has 1 saturated heterocycles. The maximum absolute atomic E-state index is 12.7. The molecule has 0 bridgehead atoms. The Labute approximate surface area is 131 Å². The van der Waals surface area contributed by atoms with E-state index in [2.05, 4.69) is 5.32 Å². The van der Waals surface area contributed by atoms with Gasteiger partial charge < -0.3 is 15.0 Å². The molecular weight excluding hydrogens is 280 g/mol. The Morgan fingerprint density at radius 3 is 2.77 bits per heavy atom. The first kappa shape index (κ1) is 16.5. The normalized spacial score (nSPS) is 19.0. The van der Waals surface area contributed by atoms with Gasteiger partial charge in [-0.3, -0.25) is 9.59 Å². The van der Waals surface area contributed by atoms with E-state index in [1.54, 1.807) is 4.90 Å². The zero-order valence-corrected chi connectivity index (χ0v) is 13.1. The molecule has 1 unspecified atom stereocenters. The van der Waals surface area contributed by atoms with E-state index in [4.69, 9.17) is 4.74 Å². The van der Waals surface area contributed by atoms with E-state index in [-0.39, 0.29) is 31.1 Å². The third kappa shape index (κ3) is 4.84. The fraction of sp³-hybridized carbons (Fsp3) is 0.529. The van der Waals surface area contributed by atoms with Crippen LogP contribution >= 0.6 is 0 Å². The van der Waals surface area contributed by atoms with Crippen molar-refractivity contribution in [2.75, 3.05) is 26.4 Å². The highest BCUT2D eigenvalue weighted by Gasteiger charge is 2.22. The fourth-order valence-electron chi connectivity index (χ4n) is 2.53. The lowest BCUT2D eigenvalue weighted by Gasteiger charge is -2.25. The lowest BCUT2D eigenvalue weighted by Crippen LogP contribution is -2.38. The average Bonchev–Trinajstić information content (AvgIpc) is 2.59. The molecule has 1 fully saturated rings. The highest BCUT2D eigenvalue weighted by atomic mass is 16.5. The molecule has 1 aromatic carbocycles. The van der Waals surface area contributed by atoms with Crippen LogP contribution in [-0.4, -0.2) is 43.1 Å². The SMILES string of the molecule is CC(C(=O)N1CCCCCNC(=O)COC1)c1ccccc1. The summed E-state index contributed by atoms with van der Waals surface area (Å²) in [5.41, 5.74) is 1.000. The van der Waals surface area contributed by atoms with Gasteiger partial charge in [0.2, 0.25) is 11.8 Å². The van der Waals surface area contributed by atoms with Crippen LogP contribution in [0.1, 0.15) is 37.7 Å². The highest BCUT2D eigenvalue weighted by Crippen LogP contribution is 2.18.